The monoisotopic (exact) mass is 593 g/mol. The van der Waals surface area contributed by atoms with Crippen molar-refractivity contribution in [2.24, 2.45) is 5.92 Å². The smallest absolute Gasteiger partial charge is 0.199 e. The standard InChI is InChI=1S/C34H32FN5O2S/c35-31-20-27(15-14-26(31)10-4-8-25-9-6-17-37-21-25)30-22-40(34-32(30)33(36)38-23-39-34)28-11-5-7-24(19-28)16-18-43(41,42)29-12-2-1-3-13-29/h1-4,6,9-10,12-18,20-24,28H,5,7-8,11,19H2,(H2,36,38,39)/b10-4+,18-16+. The number of pyridine rings is 1. The van der Waals surface area contributed by atoms with Gasteiger partial charge < -0.3 is 10.3 Å². The lowest BCUT2D eigenvalue weighted by Gasteiger charge is -2.29. The van der Waals surface area contributed by atoms with Crippen LogP contribution < -0.4 is 5.73 Å². The maximum atomic E-state index is 15.3. The van der Waals surface area contributed by atoms with Gasteiger partial charge in [-0.15, -0.1) is 0 Å². The third-order valence-corrected chi connectivity index (χ3v) is 9.45. The van der Waals surface area contributed by atoms with E-state index in [1.165, 1.54) is 17.8 Å². The van der Waals surface area contributed by atoms with Gasteiger partial charge >= 0.3 is 0 Å². The summed E-state index contributed by atoms with van der Waals surface area (Å²) in [6, 6.07) is 17.6. The van der Waals surface area contributed by atoms with Gasteiger partial charge in [-0.05, 0) is 67.0 Å². The highest BCUT2D eigenvalue weighted by molar-refractivity contribution is 7.94. The van der Waals surface area contributed by atoms with Crippen molar-refractivity contribution in [1.29, 1.82) is 0 Å². The summed E-state index contributed by atoms with van der Waals surface area (Å²) in [5, 5.41) is 2.02. The number of hydrogen-bond acceptors (Lipinski definition) is 6. The summed E-state index contributed by atoms with van der Waals surface area (Å²) in [6.45, 7) is 0. The number of benzene rings is 2. The van der Waals surface area contributed by atoms with E-state index in [1.807, 2.05) is 36.5 Å². The van der Waals surface area contributed by atoms with Crippen molar-refractivity contribution < 1.29 is 12.8 Å². The number of aromatic nitrogens is 4. The molecule has 0 aliphatic heterocycles. The lowest BCUT2D eigenvalue weighted by Crippen LogP contribution is -2.18. The van der Waals surface area contributed by atoms with Crippen LogP contribution in [0.5, 0.6) is 0 Å². The van der Waals surface area contributed by atoms with Gasteiger partial charge in [0.2, 0.25) is 0 Å². The number of nitrogen functional groups attached to an aromatic ring is 1. The molecule has 0 bridgehead atoms. The Morgan fingerprint density at radius 2 is 1.91 bits per heavy atom. The summed E-state index contributed by atoms with van der Waals surface area (Å²) in [4.78, 5) is 13.2. The maximum absolute atomic E-state index is 15.3. The second-order valence-corrected chi connectivity index (χ2v) is 12.7. The molecular formula is C34H32FN5O2S. The van der Waals surface area contributed by atoms with E-state index >= 15 is 4.39 Å². The van der Waals surface area contributed by atoms with Crippen molar-refractivity contribution in [2.75, 3.05) is 5.73 Å². The van der Waals surface area contributed by atoms with Crippen LogP contribution in [0, 0.1) is 11.7 Å². The third kappa shape index (κ3) is 6.27. The van der Waals surface area contributed by atoms with Crippen molar-refractivity contribution in [3.8, 4) is 11.1 Å². The Kier molecular flexibility index (Phi) is 8.16. The molecular weight excluding hydrogens is 561 g/mol. The number of hydrogen-bond donors (Lipinski definition) is 1. The van der Waals surface area contributed by atoms with E-state index in [1.54, 1.807) is 54.9 Å². The van der Waals surface area contributed by atoms with Crippen LogP contribution in [-0.2, 0) is 16.3 Å². The van der Waals surface area contributed by atoms with Gasteiger partial charge in [0, 0.05) is 41.2 Å². The highest BCUT2D eigenvalue weighted by atomic mass is 32.2. The van der Waals surface area contributed by atoms with Gasteiger partial charge in [-0.1, -0.05) is 61.0 Å². The van der Waals surface area contributed by atoms with E-state index < -0.39 is 9.84 Å². The number of halogens is 1. The van der Waals surface area contributed by atoms with E-state index in [0.717, 1.165) is 36.8 Å². The summed E-state index contributed by atoms with van der Waals surface area (Å²) < 4.78 is 43.0. The Hall–Kier alpha value is -4.63. The van der Waals surface area contributed by atoms with Crippen molar-refractivity contribution in [1.82, 2.24) is 19.5 Å². The largest absolute Gasteiger partial charge is 0.383 e. The van der Waals surface area contributed by atoms with Crippen molar-refractivity contribution in [3.05, 3.63) is 120 Å². The molecule has 9 heteroatoms. The Morgan fingerprint density at radius 1 is 1.05 bits per heavy atom. The van der Waals surface area contributed by atoms with Crippen molar-refractivity contribution in [2.45, 2.75) is 43.0 Å². The fourth-order valence-electron chi connectivity index (χ4n) is 5.81. The van der Waals surface area contributed by atoms with E-state index in [0.29, 0.717) is 34.4 Å². The minimum Gasteiger partial charge on any atom is -0.383 e. The zero-order valence-corrected chi connectivity index (χ0v) is 24.4. The molecule has 218 valence electrons. The summed E-state index contributed by atoms with van der Waals surface area (Å²) >= 11 is 0. The van der Waals surface area contributed by atoms with Crippen molar-refractivity contribution in [3.63, 3.8) is 0 Å². The molecule has 1 saturated carbocycles. The molecule has 0 amide bonds. The molecule has 5 aromatic rings. The molecule has 0 saturated heterocycles. The minimum atomic E-state index is -3.51. The minimum absolute atomic E-state index is 0.0768. The normalized spacial score (nSPS) is 17.7. The fourth-order valence-corrected chi connectivity index (χ4v) is 6.93. The van der Waals surface area contributed by atoms with Gasteiger partial charge in [-0.25, -0.2) is 22.8 Å². The predicted molar refractivity (Wildman–Crippen MR) is 168 cm³/mol. The maximum Gasteiger partial charge on any atom is 0.199 e. The fraction of sp³-hybridized carbons (Fsp3) is 0.206. The second kappa shape index (κ2) is 12.3. The quantitative estimate of drug-likeness (QED) is 0.204. The number of sulfone groups is 1. The van der Waals surface area contributed by atoms with Gasteiger partial charge in [0.15, 0.2) is 9.84 Å². The summed E-state index contributed by atoms with van der Waals surface area (Å²) in [5.74, 6) is 0.0899. The lowest BCUT2D eigenvalue weighted by molar-refractivity contribution is 0.308. The lowest BCUT2D eigenvalue weighted by atomic mass is 9.85. The number of fused-ring (bicyclic) bond motifs is 1. The van der Waals surface area contributed by atoms with Crippen LogP contribution in [0.1, 0.15) is 42.9 Å². The molecule has 2 unspecified atom stereocenters. The zero-order chi connectivity index (χ0) is 29.8. The first-order valence-electron chi connectivity index (χ1n) is 14.3. The summed E-state index contributed by atoms with van der Waals surface area (Å²) in [5.41, 5.74) is 10.0. The summed E-state index contributed by atoms with van der Waals surface area (Å²) in [6.07, 6.45) is 16.6. The Balaban J connectivity index is 1.26. The molecule has 0 spiro atoms. The molecule has 1 aliphatic carbocycles. The number of nitrogens with two attached hydrogens (primary N) is 1. The van der Waals surface area contributed by atoms with Gasteiger partial charge in [-0.2, -0.15) is 0 Å². The molecule has 7 nitrogen and oxygen atoms in total. The van der Waals surface area contributed by atoms with Crippen molar-refractivity contribution >= 4 is 32.8 Å². The van der Waals surface area contributed by atoms with Gasteiger partial charge in [-0.3, -0.25) is 4.98 Å². The average Bonchev–Trinajstić information content (AvgIpc) is 3.43. The molecule has 0 radical (unpaired) electrons. The predicted octanol–water partition coefficient (Wildman–Crippen LogP) is 7.19. The highest BCUT2D eigenvalue weighted by Gasteiger charge is 2.26. The van der Waals surface area contributed by atoms with Crippen LogP contribution in [0.4, 0.5) is 10.2 Å². The molecule has 2 N–H and O–H groups in total. The SMILES string of the molecule is Nc1ncnc2c1c(-c1ccc(/C=C/Cc3cccnc3)c(F)c1)cn2C1CCCC(/C=C/S(=O)(=O)c2ccccc2)C1. The van der Waals surface area contributed by atoms with Gasteiger partial charge in [0.05, 0.1) is 10.3 Å². The molecule has 3 aromatic heterocycles. The highest BCUT2D eigenvalue weighted by Crippen LogP contribution is 2.40. The van der Waals surface area contributed by atoms with Crippen LogP contribution in [0.25, 0.3) is 28.2 Å². The Labute approximate surface area is 250 Å². The summed E-state index contributed by atoms with van der Waals surface area (Å²) in [7, 11) is -3.51. The Bertz CT molecular complexity index is 1900. The van der Waals surface area contributed by atoms with E-state index in [-0.39, 0.29) is 22.7 Å². The molecule has 3 heterocycles. The molecule has 1 fully saturated rings. The van der Waals surface area contributed by atoms with Crippen LogP contribution >= 0.6 is 0 Å². The average molecular weight is 594 g/mol. The molecule has 43 heavy (non-hydrogen) atoms. The molecule has 2 atom stereocenters. The first kappa shape index (κ1) is 28.5. The van der Waals surface area contributed by atoms with Gasteiger partial charge in [0.1, 0.15) is 23.6 Å². The van der Waals surface area contributed by atoms with Crippen LogP contribution in [-0.4, -0.2) is 27.9 Å². The molecule has 6 rings (SSSR count). The first-order valence-corrected chi connectivity index (χ1v) is 15.9. The number of nitrogens with zero attached hydrogens (tertiary/aromatic N) is 4. The Morgan fingerprint density at radius 3 is 2.70 bits per heavy atom. The van der Waals surface area contributed by atoms with Crippen LogP contribution in [0.15, 0.2) is 108 Å². The molecule has 2 aromatic carbocycles. The van der Waals surface area contributed by atoms with E-state index in [4.69, 9.17) is 5.73 Å². The zero-order valence-electron chi connectivity index (χ0n) is 23.6. The van der Waals surface area contributed by atoms with Gasteiger partial charge in [0.25, 0.3) is 0 Å². The topological polar surface area (TPSA) is 104 Å². The van der Waals surface area contributed by atoms with Crippen LogP contribution in [0.2, 0.25) is 0 Å². The first-order chi connectivity index (χ1) is 20.9. The van der Waals surface area contributed by atoms with E-state index in [2.05, 4.69) is 19.5 Å². The number of allylic oxidation sites excluding steroid dienone is 2. The van der Waals surface area contributed by atoms with Crippen LogP contribution in [0.3, 0.4) is 0 Å². The second-order valence-electron chi connectivity index (χ2n) is 10.9. The number of anilines is 1. The molecule has 1 aliphatic rings. The van der Waals surface area contributed by atoms with E-state index in [9.17, 15) is 8.42 Å². The number of rotatable bonds is 8. The third-order valence-electron chi connectivity index (χ3n) is 8.01.